The fraction of sp³-hybridized carbons (Fsp3) is 0.300. The Hall–Kier alpha value is -3.51. The lowest BCUT2D eigenvalue weighted by molar-refractivity contribution is 0.216. The summed E-state index contributed by atoms with van der Waals surface area (Å²) in [6.07, 6.45) is 1.05. The van der Waals surface area contributed by atoms with E-state index in [0.717, 1.165) is 23.4 Å². The Morgan fingerprint density at radius 1 is 1.34 bits per heavy atom. The summed E-state index contributed by atoms with van der Waals surface area (Å²) in [5.74, 6) is -0.0401. The average molecular weight is 391 g/mol. The Kier molecular flexibility index (Phi) is 3.79. The molecule has 2 aliphatic rings. The zero-order chi connectivity index (χ0) is 20.3. The molecule has 1 fully saturated rings. The highest BCUT2D eigenvalue weighted by Crippen LogP contribution is 2.42. The summed E-state index contributed by atoms with van der Waals surface area (Å²) in [7, 11) is 1.73. The van der Waals surface area contributed by atoms with Crippen molar-refractivity contribution in [3.63, 3.8) is 0 Å². The molecule has 4 heterocycles. The molecule has 1 saturated heterocycles. The highest BCUT2D eigenvalue weighted by atomic mass is 19.1. The molecule has 8 nitrogen and oxygen atoms in total. The minimum atomic E-state index is -0.474. The number of nitrogens with zero attached hydrogens (tertiary/aromatic N) is 6. The number of nitrogen functional groups attached to an aromatic ring is 1. The molecule has 2 unspecified atom stereocenters. The van der Waals surface area contributed by atoms with Crippen molar-refractivity contribution in [1.82, 2.24) is 24.6 Å². The maximum Gasteiger partial charge on any atom is 0.258 e. The predicted molar refractivity (Wildman–Crippen MR) is 102 cm³/mol. The number of anilines is 1. The van der Waals surface area contributed by atoms with Gasteiger partial charge >= 0.3 is 0 Å². The normalized spacial score (nSPS) is 22.1. The molecule has 0 radical (unpaired) electrons. The predicted octanol–water partition coefficient (Wildman–Crippen LogP) is 2.48. The van der Waals surface area contributed by atoms with Crippen molar-refractivity contribution in [3.05, 3.63) is 52.7 Å². The third-order valence-electron chi connectivity index (χ3n) is 5.45. The summed E-state index contributed by atoms with van der Waals surface area (Å²) in [4.78, 5) is 10.9. The van der Waals surface area contributed by atoms with Crippen molar-refractivity contribution < 1.29 is 9.13 Å². The first-order valence-electron chi connectivity index (χ1n) is 9.25. The molecule has 2 aliphatic heterocycles. The number of aryl methyl sites for hydroxylation is 1. The minimum absolute atomic E-state index is 0.132. The second-order valence-corrected chi connectivity index (χ2v) is 7.33. The molecule has 9 heteroatoms. The van der Waals surface area contributed by atoms with Gasteiger partial charge in [0, 0.05) is 26.2 Å². The van der Waals surface area contributed by atoms with Crippen molar-refractivity contribution in [2.45, 2.75) is 25.6 Å². The van der Waals surface area contributed by atoms with Gasteiger partial charge in [-0.15, -0.1) is 0 Å². The lowest BCUT2D eigenvalue weighted by Crippen LogP contribution is -2.12. The molecule has 2 aromatic heterocycles. The number of aromatic nitrogens is 4. The fourth-order valence-electron chi connectivity index (χ4n) is 3.95. The zero-order valence-electron chi connectivity index (χ0n) is 15.9. The smallest absolute Gasteiger partial charge is 0.258 e. The second kappa shape index (κ2) is 6.25. The Morgan fingerprint density at radius 3 is 2.97 bits per heavy atom. The number of rotatable bonds is 0. The van der Waals surface area contributed by atoms with Crippen molar-refractivity contribution in [1.29, 1.82) is 5.26 Å². The van der Waals surface area contributed by atoms with E-state index in [1.54, 1.807) is 17.8 Å². The number of nitrogens with two attached hydrogens (primary N) is 1. The van der Waals surface area contributed by atoms with Gasteiger partial charge in [-0.3, -0.25) is 9.58 Å². The zero-order valence-corrected chi connectivity index (χ0v) is 15.9. The first-order valence-corrected chi connectivity index (χ1v) is 9.25. The van der Waals surface area contributed by atoms with Gasteiger partial charge in [0.1, 0.15) is 23.7 Å². The molecule has 29 heavy (non-hydrogen) atoms. The second-order valence-electron chi connectivity index (χ2n) is 7.33. The molecule has 2 N–H and O–H groups in total. The van der Waals surface area contributed by atoms with E-state index in [2.05, 4.69) is 26.0 Å². The van der Waals surface area contributed by atoms with Crippen LogP contribution in [0.2, 0.25) is 0 Å². The summed E-state index contributed by atoms with van der Waals surface area (Å²) in [6, 6.07) is 7.09. The molecule has 0 spiro atoms. The standard InChI is InChI=1S/C20H18FN7O/c1-10-13-5-11(21)3-4-12(13)17-9-28(17)8-15-18(16(6-22)27(2)26-15)14-7-24-19(23)20(25-14)29-10/h3-5,7,10,17H,8-9H2,1-2H3,(H2,23,24)/t10-,17?,28?/m1/s1. The molecule has 2 bridgehead atoms. The topological polar surface area (TPSA) is 106 Å². The molecule has 146 valence electrons. The van der Waals surface area contributed by atoms with Crippen LogP contribution in [0.1, 0.15) is 41.6 Å². The van der Waals surface area contributed by atoms with Crippen LogP contribution in [0.25, 0.3) is 11.3 Å². The molecule has 0 aliphatic carbocycles. The van der Waals surface area contributed by atoms with Gasteiger partial charge in [0.2, 0.25) is 0 Å². The molecule has 0 amide bonds. The maximum atomic E-state index is 14.0. The monoisotopic (exact) mass is 391 g/mol. The van der Waals surface area contributed by atoms with Crippen LogP contribution >= 0.6 is 0 Å². The lowest BCUT2D eigenvalue weighted by atomic mass is 10.00. The largest absolute Gasteiger partial charge is 0.467 e. The number of benzene rings is 1. The van der Waals surface area contributed by atoms with E-state index in [4.69, 9.17) is 10.5 Å². The lowest BCUT2D eigenvalue weighted by Gasteiger charge is -2.20. The van der Waals surface area contributed by atoms with E-state index >= 15 is 0 Å². The summed E-state index contributed by atoms with van der Waals surface area (Å²) in [5, 5.41) is 14.2. The van der Waals surface area contributed by atoms with Gasteiger partial charge in [0.15, 0.2) is 5.82 Å². The SMILES string of the molecule is C[C@H]1Oc2nc(cnc2N)-c2c(nn(C)c2C#N)CN2CC2c2ccc(F)cc21. The van der Waals surface area contributed by atoms with Crippen LogP contribution < -0.4 is 10.5 Å². The van der Waals surface area contributed by atoms with Crippen LogP contribution in [0.5, 0.6) is 5.88 Å². The maximum absolute atomic E-state index is 14.0. The van der Waals surface area contributed by atoms with Crippen LogP contribution in [0.3, 0.4) is 0 Å². The minimum Gasteiger partial charge on any atom is -0.467 e. The van der Waals surface area contributed by atoms with Crippen molar-refractivity contribution in [2.75, 3.05) is 12.3 Å². The first kappa shape index (κ1) is 17.6. The number of hydrogen-bond acceptors (Lipinski definition) is 7. The average Bonchev–Trinajstić information content (AvgIpc) is 3.37. The van der Waals surface area contributed by atoms with E-state index in [1.807, 2.05) is 6.92 Å². The molecule has 0 saturated carbocycles. The Bertz CT molecular complexity index is 1180. The molecule has 3 atom stereocenters. The third kappa shape index (κ3) is 2.80. The van der Waals surface area contributed by atoms with Gasteiger partial charge in [-0.05, 0) is 30.2 Å². The van der Waals surface area contributed by atoms with Crippen molar-refractivity contribution in [2.24, 2.45) is 7.05 Å². The number of hydrogen-bond donors (Lipinski definition) is 1. The van der Waals surface area contributed by atoms with Crippen LogP contribution in [-0.2, 0) is 13.6 Å². The van der Waals surface area contributed by atoms with Crippen LogP contribution in [0.4, 0.5) is 10.2 Å². The Labute approximate surface area is 166 Å². The van der Waals surface area contributed by atoms with E-state index in [1.165, 1.54) is 18.3 Å². The molecular weight excluding hydrogens is 373 g/mol. The highest BCUT2D eigenvalue weighted by Gasteiger charge is 2.39. The van der Waals surface area contributed by atoms with Gasteiger partial charge in [-0.1, -0.05) is 6.07 Å². The summed E-state index contributed by atoms with van der Waals surface area (Å²) in [5.41, 5.74) is 9.98. The summed E-state index contributed by atoms with van der Waals surface area (Å²) >= 11 is 0. The fourth-order valence-corrected chi connectivity index (χ4v) is 3.95. The van der Waals surface area contributed by atoms with E-state index in [0.29, 0.717) is 23.5 Å². The van der Waals surface area contributed by atoms with Crippen LogP contribution in [0, 0.1) is 17.1 Å². The van der Waals surface area contributed by atoms with Gasteiger partial charge < -0.3 is 10.5 Å². The van der Waals surface area contributed by atoms with Crippen molar-refractivity contribution >= 4 is 5.82 Å². The number of ether oxygens (including phenoxy) is 1. The molecular formula is C20H18FN7O. The van der Waals surface area contributed by atoms with E-state index in [9.17, 15) is 9.65 Å². The van der Waals surface area contributed by atoms with E-state index in [-0.39, 0.29) is 23.6 Å². The first-order chi connectivity index (χ1) is 14.0. The Balaban J connectivity index is 1.72. The van der Waals surface area contributed by atoms with Crippen LogP contribution in [-0.4, -0.2) is 31.2 Å². The number of nitriles is 1. The van der Waals surface area contributed by atoms with Crippen molar-refractivity contribution in [3.8, 4) is 23.2 Å². The van der Waals surface area contributed by atoms with Gasteiger partial charge in [0.25, 0.3) is 5.88 Å². The number of fused-ring (bicyclic) bond motifs is 7. The quantitative estimate of drug-likeness (QED) is 0.587. The van der Waals surface area contributed by atoms with Gasteiger partial charge in [0.05, 0.1) is 23.1 Å². The summed E-state index contributed by atoms with van der Waals surface area (Å²) in [6.45, 7) is 3.19. The molecule has 5 rings (SSSR count). The summed E-state index contributed by atoms with van der Waals surface area (Å²) < 4.78 is 21.5. The van der Waals surface area contributed by atoms with Gasteiger partial charge in [-0.2, -0.15) is 10.4 Å². The highest BCUT2D eigenvalue weighted by molar-refractivity contribution is 5.69. The molecule has 3 aromatic rings. The van der Waals surface area contributed by atoms with Gasteiger partial charge in [-0.25, -0.2) is 14.4 Å². The third-order valence-corrected chi connectivity index (χ3v) is 5.45. The Morgan fingerprint density at radius 2 is 2.17 bits per heavy atom. The van der Waals surface area contributed by atoms with E-state index < -0.39 is 6.10 Å². The molecule has 1 aromatic carbocycles. The van der Waals surface area contributed by atoms with Crippen LogP contribution in [0.15, 0.2) is 24.4 Å². The number of halogens is 1.